The predicted octanol–water partition coefficient (Wildman–Crippen LogP) is 4.70. The standard InChI is InChI=1S/C16H11ClFN/c17-13-5-6-15(18)14(9-13)11-1-3-12(4-2-11)16(10-19)7-8-16/h1-6,9H,7-8H2. The summed E-state index contributed by atoms with van der Waals surface area (Å²) in [5, 5.41) is 9.66. The van der Waals surface area contributed by atoms with Gasteiger partial charge in [0, 0.05) is 10.6 Å². The molecule has 19 heavy (non-hydrogen) atoms. The lowest BCUT2D eigenvalue weighted by Crippen LogP contribution is -2.01. The molecule has 0 bridgehead atoms. The van der Waals surface area contributed by atoms with E-state index < -0.39 is 0 Å². The minimum absolute atomic E-state index is 0.293. The highest BCUT2D eigenvalue weighted by atomic mass is 35.5. The van der Waals surface area contributed by atoms with Crippen LogP contribution in [0.15, 0.2) is 42.5 Å². The van der Waals surface area contributed by atoms with E-state index in [0.717, 1.165) is 24.0 Å². The van der Waals surface area contributed by atoms with Crippen LogP contribution < -0.4 is 0 Å². The lowest BCUT2D eigenvalue weighted by molar-refractivity contribution is 0.631. The van der Waals surface area contributed by atoms with E-state index in [1.165, 1.54) is 12.1 Å². The zero-order valence-corrected chi connectivity index (χ0v) is 10.9. The Morgan fingerprint density at radius 3 is 2.37 bits per heavy atom. The van der Waals surface area contributed by atoms with Crippen LogP contribution in [-0.4, -0.2) is 0 Å². The van der Waals surface area contributed by atoms with Gasteiger partial charge in [-0.15, -0.1) is 0 Å². The summed E-state index contributed by atoms with van der Waals surface area (Å²) in [6.07, 6.45) is 1.82. The van der Waals surface area contributed by atoms with E-state index >= 15 is 0 Å². The molecule has 1 saturated carbocycles. The molecule has 0 atom stereocenters. The number of benzene rings is 2. The summed E-state index contributed by atoms with van der Waals surface area (Å²) in [4.78, 5) is 0. The molecule has 0 unspecified atom stereocenters. The van der Waals surface area contributed by atoms with Crippen LogP contribution in [0.25, 0.3) is 11.1 Å². The molecule has 1 aliphatic rings. The Morgan fingerprint density at radius 2 is 1.79 bits per heavy atom. The fourth-order valence-corrected chi connectivity index (χ4v) is 2.45. The molecule has 0 aliphatic heterocycles. The predicted molar refractivity (Wildman–Crippen MR) is 73.4 cm³/mol. The molecule has 3 heteroatoms. The summed E-state index contributed by atoms with van der Waals surface area (Å²) in [6.45, 7) is 0. The molecule has 0 heterocycles. The molecule has 0 spiro atoms. The Labute approximate surface area is 116 Å². The fourth-order valence-electron chi connectivity index (χ4n) is 2.28. The molecule has 0 N–H and O–H groups in total. The highest BCUT2D eigenvalue weighted by Gasteiger charge is 2.44. The minimum atomic E-state index is -0.300. The number of nitrogens with zero attached hydrogens (tertiary/aromatic N) is 1. The first-order chi connectivity index (χ1) is 9.14. The highest BCUT2D eigenvalue weighted by molar-refractivity contribution is 6.30. The smallest absolute Gasteiger partial charge is 0.131 e. The molecule has 0 saturated heterocycles. The van der Waals surface area contributed by atoms with Crippen molar-refractivity contribution < 1.29 is 4.39 Å². The van der Waals surface area contributed by atoms with Crippen molar-refractivity contribution in [1.82, 2.24) is 0 Å². The van der Waals surface area contributed by atoms with Crippen molar-refractivity contribution in [2.45, 2.75) is 18.3 Å². The van der Waals surface area contributed by atoms with Crippen LogP contribution in [0.5, 0.6) is 0 Å². The van der Waals surface area contributed by atoms with Crippen LogP contribution in [-0.2, 0) is 5.41 Å². The number of hydrogen-bond acceptors (Lipinski definition) is 1. The number of hydrogen-bond donors (Lipinski definition) is 0. The average molecular weight is 272 g/mol. The average Bonchev–Trinajstić information content (AvgIpc) is 3.23. The van der Waals surface area contributed by atoms with Gasteiger partial charge in [-0.1, -0.05) is 35.9 Å². The minimum Gasteiger partial charge on any atom is -0.206 e. The second kappa shape index (κ2) is 4.36. The molecule has 1 nitrogen and oxygen atoms in total. The van der Waals surface area contributed by atoms with Crippen LogP contribution in [0.4, 0.5) is 4.39 Å². The van der Waals surface area contributed by atoms with Crippen molar-refractivity contribution in [2.24, 2.45) is 0 Å². The second-order valence-electron chi connectivity index (χ2n) is 4.90. The molecular weight excluding hydrogens is 261 g/mol. The van der Waals surface area contributed by atoms with Gasteiger partial charge in [0.2, 0.25) is 0 Å². The lowest BCUT2D eigenvalue weighted by atomic mass is 9.95. The Morgan fingerprint density at radius 1 is 1.11 bits per heavy atom. The van der Waals surface area contributed by atoms with Gasteiger partial charge in [0.25, 0.3) is 0 Å². The van der Waals surface area contributed by atoms with Gasteiger partial charge in [-0.2, -0.15) is 5.26 Å². The summed E-state index contributed by atoms with van der Waals surface area (Å²) >= 11 is 5.89. The van der Waals surface area contributed by atoms with Gasteiger partial charge in [0.15, 0.2) is 0 Å². The summed E-state index contributed by atoms with van der Waals surface area (Å²) in [7, 11) is 0. The van der Waals surface area contributed by atoms with E-state index in [9.17, 15) is 4.39 Å². The van der Waals surface area contributed by atoms with E-state index in [1.807, 2.05) is 24.3 Å². The van der Waals surface area contributed by atoms with Crippen LogP contribution in [0.2, 0.25) is 5.02 Å². The van der Waals surface area contributed by atoms with Gasteiger partial charge in [0.1, 0.15) is 5.82 Å². The van der Waals surface area contributed by atoms with Crippen LogP contribution >= 0.6 is 11.6 Å². The maximum atomic E-state index is 13.8. The van der Waals surface area contributed by atoms with Gasteiger partial charge in [0.05, 0.1) is 11.5 Å². The van der Waals surface area contributed by atoms with Gasteiger partial charge in [-0.05, 0) is 42.2 Å². The molecule has 0 amide bonds. The Bertz CT molecular complexity index is 666. The third-order valence-corrected chi connectivity index (χ3v) is 3.88. The summed E-state index contributed by atoms with van der Waals surface area (Å²) in [5.41, 5.74) is 1.98. The van der Waals surface area contributed by atoms with E-state index in [1.54, 1.807) is 6.07 Å². The van der Waals surface area contributed by atoms with Gasteiger partial charge in [-0.25, -0.2) is 4.39 Å². The third-order valence-electron chi connectivity index (χ3n) is 3.64. The van der Waals surface area contributed by atoms with Gasteiger partial charge >= 0.3 is 0 Å². The monoisotopic (exact) mass is 271 g/mol. The maximum absolute atomic E-state index is 13.8. The number of rotatable bonds is 2. The molecular formula is C16H11ClFN. The zero-order valence-electron chi connectivity index (χ0n) is 10.2. The Kier molecular flexibility index (Phi) is 2.80. The third kappa shape index (κ3) is 2.11. The zero-order chi connectivity index (χ0) is 13.5. The molecule has 2 aromatic rings. The molecule has 0 aromatic heterocycles. The molecule has 0 radical (unpaired) electrons. The van der Waals surface area contributed by atoms with E-state index in [4.69, 9.17) is 16.9 Å². The topological polar surface area (TPSA) is 23.8 Å². The molecule has 1 fully saturated rings. The van der Waals surface area contributed by atoms with Crippen molar-refractivity contribution in [2.75, 3.05) is 0 Å². The van der Waals surface area contributed by atoms with Crippen molar-refractivity contribution >= 4 is 11.6 Å². The van der Waals surface area contributed by atoms with E-state index in [2.05, 4.69) is 6.07 Å². The second-order valence-corrected chi connectivity index (χ2v) is 5.33. The summed E-state index contributed by atoms with van der Waals surface area (Å²) < 4.78 is 13.8. The first kappa shape index (κ1) is 12.2. The molecule has 2 aromatic carbocycles. The molecule has 1 aliphatic carbocycles. The Hall–Kier alpha value is -1.85. The van der Waals surface area contributed by atoms with Crippen LogP contribution in [0.3, 0.4) is 0 Å². The number of halogens is 2. The maximum Gasteiger partial charge on any atom is 0.131 e. The van der Waals surface area contributed by atoms with Crippen molar-refractivity contribution in [1.29, 1.82) is 5.26 Å². The normalized spacial score (nSPS) is 15.8. The van der Waals surface area contributed by atoms with E-state index in [-0.39, 0.29) is 11.2 Å². The fraction of sp³-hybridized carbons (Fsp3) is 0.188. The largest absolute Gasteiger partial charge is 0.206 e. The quantitative estimate of drug-likeness (QED) is 0.776. The summed E-state index contributed by atoms with van der Waals surface area (Å²) in [6, 6.07) is 14.4. The van der Waals surface area contributed by atoms with Crippen molar-refractivity contribution in [3.05, 3.63) is 58.9 Å². The molecule has 3 rings (SSSR count). The van der Waals surface area contributed by atoms with Crippen LogP contribution in [0, 0.1) is 17.1 Å². The SMILES string of the molecule is N#CC1(c2ccc(-c3cc(Cl)ccc3F)cc2)CC1. The van der Waals surface area contributed by atoms with E-state index in [0.29, 0.717) is 10.6 Å². The first-order valence-electron chi connectivity index (χ1n) is 6.12. The van der Waals surface area contributed by atoms with Crippen molar-refractivity contribution in [3.63, 3.8) is 0 Å². The molecule has 94 valence electrons. The summed E-state index contributed by atoms with van der Waals surface area (Å²) in [5.74, 6) is -0.293. The van der Waals surface area contributed by atoms with Gasteiger partial charge < -0.3 is 0 Å². The highest BCUT2D eigenvalue weighted by Crippen LogP contribution is 2.47. The van der Waals surface area contributed by atoms with Crippen molar-refractivity contribution in [3.8, 4) is 17.2 Å². The van der Waals surface area contributed by atoms with Crippen LogP contribution in [0.1, 0.15) is 18.4 Å². The Balaban J connectivity index is 1.99. The lowest BCUT2D eigenvalue weighted by Gasteiger charge is -2.08. The number of nitriles is 1. The van der Waals surface area contributed by atoms with Gasteiger partial charge in [-0.3, -0.25) is 0 Å². The first-order valence-corrected chi connectivity index (χ1v) is 6.50.